The SMILES string of the molecule is CC(=O)NC(Cc1cc(F)cc(F)c1)C(O)CNCc1cc(C)ccc1C.Cc1ccc(O)c(C(N)=O)c1.O=C(O)c1cc(Br)ccc1O.[C-]#[N+]c1cc(C)ccc1C. The quantitative estimate of drug-likeness (QED) is 0.0683. The van der Waals surface area contributed by atoms with Crippen LogP contribution in [-0.2, 0) is 17.8 Å². The highest BCUT2D eigenvalue weighted by molar-refractivity contribution is 9.10. The third-order valence-electron chi connectivity index (χ3n) is 8.50. The van der Waals surface area contributed by atoms with E-state index in [0.29, 0.717) is 16.6 Å². The van der Waals surface area contributed by atoms with Crippen LogP contribution in [0, 0.1) is 52.8 Å². The van der Waals surface area contributed by atoms with Crippen molar-refractivity contribution in [1.82, 2.24) is 10.6 Å². The van der Waals surface area contributed by atoms with Crippen LogP contribution < -0.4 is 16.4 Å². The van der Waals surface area contributed by atoms with Gasteiger partial charge in [0.1, 0.15) is 28.7 Å². The fourth-order valence-corrected chi connectivity index (χ4v) is 5.74. The number of aryl methyl sites for hydroxylation is 5. The predicted octanol–water partition coefficient (Wildman–Crippen LogP) is 8.29. The number of benzene rings is 5. The van der Waals surface area contributed by atoms with Gasteiger partial charge in [-0.15, -0.1) is 0 Å². The van der Waals surface area contributed by atoms with Crippen LogP contribution in [-0.4, -0.2) is 56.9 Å². The van der Waals surface area contributed by atoms with E-state index in [9.17, 15) is 28.3 Å². The van der Waals surface area contributed by atoms with E-state index in [-0.39, 0.29) is 41.5 Å². The number of carboxylic acid groups (broad SMARTS) is 1. The van der Waals surface area contributed by atoms with Gasteiger partial charge in [-0.25, -0.2) is 18.4 Å². The van der Waals surface area contributed by atoms with E-state index < -0.39 is 35.7 Å². The highest BCUT2D eigenvalue weighted by Gasteiger charge is 2.21. The molecular formula is C45H49BrF2N4O7. The number of aromatic hydroxyl groups is 2. The molecule has 0 saturated heterocycles. The average molecular weight is 876 g/mol. The zero-order chi connectivity index (χ0) is 44.4. The molecule has 0 aliphatic rings. The Morgan fingerprint density at radius 2 is 1.32 bits per heavy atom. The molecule has 14 heteroatoms. The highest BCUT2D eigenvalue weighted by Crippen LogP contribution is 2.22. The number of carbonyl (C=O) groups excluding carboxylic acids is 2. The lowest BCUT2D eigenvalue weighted by Crippen LogP contribution is -2.48. The molecule has 5 aromatic rings. The molecule has 0 heterocycles. The molecule has 11 nitrogen and oxygen atoms in total. The Morgan fingerprint density at radius 3 is 1.85 bits per heavy atom. The summed E-state index contributed by atoms with van der Waals surface area (Å²) in [6.07, 6.45) is -0.786. The number of carboxylic acids is 1. The fourth-order valence-electron chi connectivity index (χ4n) is 5.38. The number of nitrogens with one attached hydrogen (secondary N) is 2. The zero-order valence-corrected chi connectivity index (χ0v) is 35.2. The highest BCUT2D eigenvalue weighted by atomic mass is 79.9. The minimum absolute atomic E-state index is 0.0666. The molecule has 0 radical (unpaired) electrons. The van der Waals surface area contributed by atoms with Crippen LogP contribution >= 0.6 is 15.9 Å². The lowest BCUT2D eigenvalue weighted by atomic mass is 10.0. The number of rotatable bonds is 10. The maximum atomic E-state index is 13.4. The minimum Gasteiger partial charge on any atom is -0.507 e. The second-order valence-corrected chi connectivity index (χ2v) is 14.6. The van der Waals surface area contributed by atoms with Gasteiger partial charge in [0.25, 0.3) is 5.91 Å². The standard InChI is InChI=1S/C21H26F2N2O2.C9H9N.C8H9NO2.C7H5BrO3/c1-13-4-5-14(2)17(6-13)11-24-12-21(27)20(25-15(3)26)9-16-7-18(22)10-19(23)8-16;1-7-4-5-8(2)9(6-7)10-3;1-5-2-3-7(10)6(4-5)8(9)11;8-4-1-2-6(9)5(3-4)7(10)11/h4-8,10,20-21,24,27H,9,11-12H2,1-3H3,(H,25,26);4-6H,1-2H3;2-4,10H,1H3,(H2,9,11);1-3,9H,(H,10,11). The predicted molar refractivity (Wildman–Crippen MR) is 228 cm³/mol. The first kappa shape index (κ1) is 49.0. The van der Waals surface area contributed by atoms with Crippen molar-refractivity contribution in [3.8, 4) is 11.5 Å². The number of nitrogens with zero attached hydrogens (tertiary/aromatic N) is 1. The van der Waals surface area contributed by atoms with Crippen molar-refractivity contribution in [2.45, 2.75) is 66.7 Å². The van der Waals surface area contributed by atoms with Gasteiger partial charge in [0, 0.05) is 30.6 Å². The Balaban J connectivity index is 0.000000307. The van der Waals surface area contributed by atoms with Crippen LogP contribution in [0.25, 0.3) is 4.85 Å². The van der Waals surface area contributed by atoms with E-state index in [1.807, 2.05) is 65.0 Å². The van der Waals surface area contributed by atoms with Crippen LogP contribution in [0.1, 0.15) is 66.6 Å². The van der Waals surface area contributed by atoms with Crippen LogP contribution in [0.4, 0.5) is 14.5 Å². The first-order chi connectivity index (χ1) is 27.7. The molecule has 5 rings (SSSR count). The summed E-state index contributed by atoms with van der Waals surface area (Å²) in [5, 5.41) is 43.0. The minimum atomic E-state index is -1.14. The second kappa shape index (κ2) is 23.9. The monoisotopic (exact) mass is 874 g/mol. The Morgan fingerprint density at radius 1 is 0.780 bits per heavy atom. The third-order valence-corrected chi connectivity index (χ3v) is 8.99. The largest absolute Gasteiger partial charge is 0.507 e. The van der Waals surface area contributed by atoms with Crippen molar-refractivity contribution in [3.05, 3.63) is 169 Å². The normalized spacial score (nSPS) is 11.1. The van der Waals surface area contributed by atoms with Gasteiger partial charge in [0.2, 0.25) is 5.91 Å². The van der Waals surface area contributed by atoms with E-state index >= 15 is 0 Å². The molecule has 2 unspecified atom stereocenters. The lowest BCUT2D eigenvalue weighted by Gasteiger charge is -2.24. The number of hydrogen-bond donors (Lipinski definition) is 7. The number of aromatic carboxylic acids is 1. The van der Waals surface area contributed by atoms with Crippen LogP contribution in [0.3, 0.4) is 0 Å². The van der Waals surface area contributed by atoms with Crippen LogP contribution in [0.15, 0.2) is 95.5 Å². The number of amides is 2. The van der Waals surface area contributed by atoms with Gasteiger partial charge < -0.3 is 36.8 Å². The smallest absolute Gasteiger partial charge is 0.339 e. The van der Waals surface area contributed by atoms with E-state index in [1.54, 1.807) is 18.2 Å². The van der Waals surface area contributed by atoms with E-state index in [2.05, 4.69) is 37.5 Å². The molecule has 0 aliphatic heterocycles. The zero-order valence-electron chi connectivity index (χ0n) is 33.6. The van der Waals surface area contributed by atoms with Crippen LogP contribution in [0.5, 0.6) is 11.5 Å². The number of hydrogen-bond acceptors (Lipinski definition) is 7. The second-order valence-electron chi connectivity index (χ2n) is 13.7. The van der Waals surface area contributed by atoms with Crippen LogP contribution in [0.2, 0.25) is 0 Å². The van der Waals surface area contributed by atoms with Crippen molar-refractivity contribution in [3.63, 3.8) is 0 Å². The average Bonchev–Trinajstić information content (AvgIpc) is 3.15. The molecular weight excluding hydrogens is 826 g/mol. The fraction of sp³-hybridized carbons (Fsp3) is 0.244. The number of nitrogens with two attached hydrogens (primary N) is 1. The maximum absolute atomic E-state index is 13.4. The van der Waals surface area contributed by atoms with E-state index in [0.717, 1.165) is 45.1 Å². The van der Waals surface area contributed by atoms with E-state index in [1.165, 1.54) is 37.3 Å². The van der Waals surface area contributed by atoms with Gasteiger partial charge in [0.15, 0.2) is 5.69 Å². The number of halogens is 3. The molecule has 0 fully saturated rings. The Labute approximate surface area is 351 Å². The summed E-state index contributed by atoms with van der Waals surface area (Å²) in [6, 6.07) is 23.6. The van der Waals surface area contributed by atoms with Gasteiger partial charge in [-0.3, -0.25) is 9.59 Å². The third kappa shape index (κ3) is 17.5. The Bertz CT molecular complexity index is 2200. The van der Waals surface area contributed by atoms with E-state index in [4.69, 9.17) is 27.6 Å². The molecule has 312 valence electrons. The summed E-state index contributed by atoms with van der Waals surface area (Å²) < 4.78 is 27.4. The van der Waals surface area contributed by atoms with Gasteiger partial charge in [0.05, 0.1) is 24.3 Å². The molecule has 0 saturated carbocycles. The number of aliphatic hydroxyl groups excluding tert-OH is 1. The van der Waals surface area contributed by atoms with Crippen molar-refractivity contribution in [2.24, 2.45) is 5.73 Å². The molecule has 2 amide bonds. The number of phenols is 2. The molecule has 0 bridgehead atoms. The molecule has 0 aromatic heterocycles. The topological polar surface area (TPSA) is 187 Å². The summed E-state index contributed by atoms with van der Waals surface area (Å²) in [6.45, 7) is 18.8. The summed E-state index contributed by atoms with van der Waals surface area (Å²) >= 11 is 3.09. The van der Waals surface area contributed by atoms with Crippen molar-refractivity contribution in [2.75, 3.05) is 6.54 Å². The van der Waals surface area contributed by atoms with Crippen molar-refractivity contribution < 1.29 is 43.6 Å². The van der Waals surface area contributed by atoms with Crippen molar-refractivity contribution in [1.29, 1.82) is 0 Å². The van der Waals surface area contributed by atoms with Gasteiger partial charge in [-0.05, 0) is 106 Å². The molecule has 5 aromatic carbocycles. The summed E-state index contributed by atoms with van der Waals surface area (Å²) in [5.74, 6) is -3.72. The Hall–Kier alpha value is -6.14. The summed E-state index contributed by atoms with van der Waals surface area (Å²) in [7, 11) is 0. The summed E-state index contributed by atoms with van der Waals surface area (Å²) in [4.78, 5) is 35.9. The first-order valence-corrected chi connectivity index (χ1v) is 18.9. The van der Waals surface area contributed by atoms with Gasteiger partial charge in [-0.1, -0.05) is 75.1 Å². The molecule has 0 aliphatic carbocycles. The Kier molecular flexibility index (Phi) is 19.9. The number of aliphatic hydroxyl groups is 1. The maximum Gasteiger partial charge on any atom is 0.339 e. The number of primary amides is 1. The van der Waals surface area contributed by atoms with Gasteiger partial charge in [-0.2, -0.15) is 0 Å². The molecule has 2 atom stereocenters. The van der Waals surface area contributed by atoms with Crippen molar-refractivity contribution >= 4 is 39.4 Å². The molecule has 0 spiro atoms. The summed E-state index contributed by atoms with van der Waals surface area (Å²) in [5.41, 5.74) is 12.7. The molecule has 59 heavy (non-hydrogen) atoms. The lowest BCUT2D eigenvalue weighted by molar-refractivity contribution is -0.120. The van der Waals surface area contributed by atoms with Gasteiger partial charge >= 0.3 is 5.97 Å². The first-order valence-electron chi connectivity index (χ1n) is 18.1. The number of carbonyl (C=O) groups is 3. The molecule has 8 N–H and O–H groups in total.